The lowest BCUT2D eigenvalue weighted by Crippen LogP contribution is -2.49. The molecule has 0 aliphatic carbocycles. The number of hydrogen-bond acceptors (Lipinski definition) is 5. The molecule has 7 heteroatoms. The summed E-state index contributed by atoms with van der Waals surface area (Å²) in [5, 5.41) is 3.96. The molecule has 3 rings (SSSR count). The number of carbonyl (C=O) groups is 1. The van der Waals surface area contributed by atoms with Crippen LogP contribution in [-0.4, -0.2) is 63.1 Å². The van der Waals surface area contributed by atoms with Gasteiger partial charge in [0.15, 0.2) is 0 Å². The zero-order valence-corrected chi connectivity index (χ0v) is 16.9. The summed E-state index contributed by atoms with van der Waals surface area (Å²) in [4.78, 5) is 21.4. The average molecular weight is 374 g/mol. The molecule has 0 bridgehead atoms. The maximum atomic E-state index is 12.5. The molecule has 1 amide bonds. The molecule has 0 saturated carbocycles. The Balaban J connectivity index is 1.42. The Morgan fingerprint density at radius 2 is 1.93 bits per heavy atom. The average Bonchev–Trinajstić information content (AvgIpc) is 3.25. The smallest absolute Gasteiger partial charge is 0.222 e. The summed E-state index contributed by atoms with van der Waals surface area (Å²) in [5.41, 5.74) is 1.97. The van der Waals surface area contributed by atoms with Gasteiger partial charge in [-0.25, -0.2) is 4.98 Å². The minimum absolute atomic E-state index is 0.228. The molecule has 7 nitrogen and oxygen atoms in total. The zero-order valence-electron chi connectivity index (χ0n) is 16.9. The van der Waals surface area contributed by atoms with Gasteiger partial charge in [0, 0.05) is 69.6 Å². The maximum Gasteiger partial charge on any atom is 0.222 e. The Morgan fingerprint density at radius 3 is 2.56 bits per heavy atom. The van der Waals surface area contributed by atoms with Gasteiger partial charge < -0.3 is 14.0 Å². The zero-order chi connectivity index (χ0) is 19.4. The monoisotopic (exact) mass is 373 g/mol. The highest BCUT2D eigenvalue weighted by Gasteiger charge is 2.22. The molecular weight excluding hydrogens is 342 g/mol. The van der Waals surface area contributed by atoms with Gasteiger partial charge in [0.1, 0.15) is 11.6 Å². The SMILES string of the molecule is Cc1noc(C)c1CCC(=O)N1CCN(CCn2ccnc2C(C)C)CC1. The van der Waals surface area contributed by atoms with Crippen molar-refractivity contribution in [1.82, 2.24) is 24.5 Å². The first-order valence-corrected chi connectivity index (χ1v) is 9.88. The van der Waals surface area contributed by atoms with E-state index in [9.17, 15) is 4.79 Å². The second kappa shape index (κ2) is 8.69. The van der Waals surface area contributed by atoms with Crippen molar-refractivity contribution in [2.75, 3.05) is 32.7 Å². The van der Waals surface area contributed by atoms with Crippen molar-refractivity contribution in [3.8, 4) is 0 Å². The fourth-order valence-electron chi connectivity index (χ4n) is 3.73. The standard InChI is InChI=1S/C20H31N5O2/c1-15(2)20-21-7-8-25(20)14-11-23-9-12-24(13-10-23)19(26)6-5-18-16(3)22-27-17(18)4/h7-8,15H,5-6,9-14H2,1-4H3. The van der Waals surface area contributed by atoms with Gasteiger partial charge in [-0.2, -0.15) is 0 Å². The van der Waals surface area contributed by atoms with Crippen molar-refractivity contribution < 1.29 is 9.32 Å². The van der Waals surface area contributed by atoms with Gasteiger partial charge in [0.2, 0.25) is 5.91 Å². The summed E-state index contributed by atoms with van der Waals surface area (Å²) in [6, 6.07) is 0. The minimum atomic E-state index is 0.228. The second-order valence-corrected chi connectivity index (χ2v) is 7.66. The van der Waals surface area contributed by atoms with E-state index in [2.05, 4.69) is 39.7 Å². The van der Waals surface area contributed by atoms with Crippen LogP contribution in [-0.2, 0) is 17.8 Å². The number of rotatable bonds is 7. The first-order valence-electron chi connectivity index (χ1n) is 9.88. The predicted molar refractivity (Wildman–Crippen MR) is 104 cm³/mol. The fourth-order valence-corrected chi connectivity index (χ4v) is 3.73. The summed E-state index contributed by atoms with van der Waals surface area (Å²) in [5.74, 6) is 2.63. The van der Waals surface area contributed by atoms with Gasteiger partial charge in [-0.05, 0) is 20.3 Å². The van der Waals surface area contributed by atoms with E-state index in [1.165, 1.54) is 0 Å². The van der Waals surface area contributed by atoms with Crippen LogP contribution in [0, 0.1) is 13.8 Å². The van der Waals surface area contributed by atoms with Crippen LogP contribution in [0.3, 0.4) is 0 Å². The number of imidazole rings is 1. The molecule has 0 aromatic carbocycles. The van der Waals surface area contributed by atoms with E-state index in [0.29, 0.717) is 18.8 Å². The molecule has 0 spiro atoms. The lowest BCUT2D eigenvalue weighted by molar-refractivity contribution is -0.132. The summed E-state index contributed by atoms with van der Waals surface area (Å²) < 4.78 is 7.42. The van der Waals surface area contributed by atoms with Gasteiger partial charge >= 0.3 is 0 Å². The predicted octanol–water partition coefficient (Wildman–Crippen LogP) is 2.39. The third kappa shape index (κ3) is 4.77. The van der Waals surface area contributed by atoms with Crippen LogP contribution < -0.4 is 0 Å². The van der Waals surface area contributed by atoms with Crippen molar-refractivity contribution in [3.63, 3.8) is 0 Å². The van der Waals surface area contributed by atoms with Gasteiger partial charge in [-0.1, -0.05) is 19.0 Å². The Bertz CT molecular complexity index is 737. The summed E-state index contributed by atoms with van der Waals surface area (Å²) in [6.07, 6.45) is 5.17. The first-order chi connectivity index (χ1) is 13.0. The molecule has 0 radical (unpaired) electrons. The third-order valence-electron chi connectivity index (χ3n) is 5.42. The number of nitrogens with zero attached hydrogens (tertiary/aromatic N) is 5. The Kier molecular flexibility index (Phi) is 6.31. The first kappa shape index (κ1) is 19.6. The lowest BCUT2D eigenvalue weighted by Gasteiger charge is -2.35. The van der Waals surface area contributed by atoms with Crippen molar-refractivity contribution in [2.45, 2.75) is 53.0 Å². The maximum absolute atomic E-state index is 12.5. The van der Waals surface area contributed by atoms with Crippen molar-refractivity contribution in [3.05, 3.63) is 35.2 Å². The van der Waals surface area contributed by atoms with Crippen LogP contribution in [0.2, 0.25) is 0 Å². The van der Waals surface area contributed by atoms with Crippen LogP contribution in [0.4, 0.5) is 0 Å². The molecule has 2 aromatic heterocycles. The molecule has 1 aliphatic heterocycles. The fraction of sp³-hybridized carbons (Fsp3) is 0.650. The largest absolute Gasteiger partial charge is 0.361 e. The Hall–Kier alpha value is -2.15. The molecule has 0 atom stereocenters. The van der Waals surface area contributed by atoms with Crippen LogP contribution in [0.5, 0.6) is 0 Å². The van der Waals surface area contributed by atoms with Crippen molar-refractivity contribution >= 4 is 5.91 Å². The van der Waals surface area contributed by atoms with E-state index in [1.807, 2.05) is 24.9 Å². The lowest BCUT2D eigenvalue weighted by atomic mass is 10.1. The number of piperazine rings is 1. The van der Waals surface area contributed by atoms with Crippen LogP contribution >= 0.6 is 0 Å². The number of carbonyl (C=O) groups excluding carboxylic acids is 1. The molecule has 0 N–H and O–H groups in total. The molecule has 1 fully saturated rings. The summed E-state index contributed by atoms with van der Waals surface area (Å²) >= 11 is 0. The second-order valence-electron chi connectivity index (χ2n) is 7.66. The molecular formula is C20H31N5O2. The topological polar surface area (TPSA) is 67.4 Å². The molecule has 2 aromatic rings. The molecule has 3 heterocycles. The van der Waals surface area contributed by atoms with Gasteiger partial charge in [-0.15, -0.1) is 0 Å². The van der Waals surface area contributed by atoms with Gasteiger partial charge in [0.05, 0.1) is 5.69 Å². The van der Waals surface area contributed by atoms with E-state index in [1.54, 1.807) is 0 Å². The summed E-state index contributed by atoms with van der Waals surface area (Å²) in [6.45, 7) is 13.6. The van der Waals surface area contributed by atoms with Gasteiger partial charge in [-0.3, -0.25) is 9.69 Å². The summed E-state index contributed by atoms with van der Waals surface area (Å²) in [7, 11) is 0. The number of aromatic nitrogens is 3. The van der Waals surface area contributed by atoms with E-state index >= 15 is 0 Å². The quantitative estimate of drug-likeness (QED) is 0.745. The molecule has 1 saturated heterocycles. The third-order valence-corrected chi connectivity index (χ3v) is 5.42. The molecule has 27 heavy (non-hydrogen) atoms. The highest BCUT2D eigenvalue weighted by molar-refractivity contribution is 5.76. The van der Waals surface area contributed by atoms with Crippen LogP contribution in [0.15, 0.2) is 16.9 Å². The van der Waals surface area contributed by atoms with E-state index in [4.69, 9.17) is 4.52 Å². The van der Waals surface area contributed by atoms with Crippen molar-refractivity contribution in [1.29, 1.82) is 0 Å². The normalized spacial score (nSPS) is 15.7. The van der Waals surface area contributed by atoms with Gasteiger partial charge in [0.25, 0.3) is 0 Å². The number of amides is 1. The Labute approximate surface area is 161 Å². The highest BCUT2D eigenvalue weighted by Crippen LogP contribution is 2.16. The molecule has 1 aliphatic rings. The number of aryl methyl sites for hydroxylation is 2. The highest BCUT2D eigenvalue weighted by atomic mass is 16.5. The van der Waals surface area contributed by atoms with Crippen LogP contribution in [0.25, 0.3) is 0 Å². The van der Waals surface area contributed by atoms with E-state index in [0.717, 1.165) is 62.1 Å². The molecule has 148 valence electrons. The van der Waals surface area contributed by atoms with E-state index < -0.39 is 0 Å². The van der Waals surface area contributed by atoms with Crippen molar-refractivity contribution in [2.24, 2.45) is 0 Å². The molecule has 0 unspecified atom stereocenters. The van der Waals surface area contributed by atoms with Crippen LogP contribution in [0.1, 0.15) is 49.0 Å². The number of hydrogen-bond donors (Lipinski definition) is 0. The minimum Gasteiger partial charge on any atom is -0.361 e. The Morgan fingerprint density at radius 1 is 1.19 bits per heavy atom. The van der Waals surface area contributed by atoms with E-state index in [-0.39, 0.29) is 5.91 Å².